The van der Waals surface area contributed by atoms with Crippen LogP contribution in [0.5, 0.6) is 0 Å². The van der Waals surface area contributed by atoms with Gasteiger partial charge in [0, 0.05) is 30.2 Å². The molecule has 9 heteroatoms. The smallest absolute Gasteiger partial charge is 0.233 e. The first-order valence-electron chi connectivity index (χ1n) is 10.5. The Hall–Kier alpha value is -2.03. The number of aromatic nitrogens is 1. The van der Waals surface area contributed by atoms with Crippen molar-refractivity contribution in [2.24, 2.45) is 5.41 Å². The fourth-order valence-electron chi connectivity index (χ4n) is 3.87. The summed E-state index contributed by atoms with van der Waals surface area (Å²) in [6.07, 6.45) is 0.324. The summed E-state index contributed by atoms with van der Waals surface area (Å²) in [5, 5.41) is 0.423. The van der Waals surface area contributed by atoms with Gasteiger partial charge in [-0.25, -0.2) is 17.8 Å². The molecule has 1 aromatic carbocycles. The highest BCUT2D eigenvalue weighted by Gasteiger charge is 2.49. The molecule has 1 aliphatic heterocycles. The minimum atomic E-state index is -3.93. The molecule has 2 aromatic rings. The molecule has 174 valence electrons. The third kappa shape index (κ3) is 4.40. The van der Waals surface area contributed by atoms with E-state index in [1.165, 1.54) is 41.3 Å². The summed E-state index contributed by atoms with van der Waals surface area (Å²) in [5.41, 5.74) is -0.557. The molecule has 0 aliphatic carbocycles. The van der Waals surface area contributed by atoms with Gasteiger partial charge < -0.3 is 4.74 Å². The molecule has 6 nitrogen and oxygen atoms in total. The largest absolute Gasteiger partial charge is 0.381 e. The van der Waals surface area contributed by atoms with Crippen molar-refractivity contribution in [1.82, 2.24) is 4.98 Å². The Morgan fingerprint density at radius 2 is 1.75 bits per heavy atom. The summed E-state index contributed by atoms with van der Waals surface area (Å²) in [4.78, 5) is 18.8. The lowest BCUT2D eigenvalue weighted by molar-refractivity contribution is -0.125. The lowest BCUT2D eigenvalue weighted by atomic mass is 9.93. The number of nitrogens with zero attached hydrogens (tertiary/aromatic N) is 2. The topological polar surface area (TPSA) is 76.6 Å². The molecule has 1 aliphatic rings. The van der Waals surface area contributed by atoms with Crippen molar-refractivity contribution >= 4 is 33.2 Å². The summed E-state index contributed by atoms with van der Waals surface area (Å²) in [5.74, 6) is -1.15. The summed E-state index contributed by atoms with van der Waals surface area (Å²) in [6.45, 7) is 7.59. The number of carbonyl (C=O) groups excluding carboxylic acids is 1. The van der Waals surface area contributed by atoms with E-state index in [0.29, 0.717) is 5.02 Å². The number of hydrogen-bond acceptors (Lipinski definition) is 5. The number of halogens is 2. The summed E-state index contributed by atoms with van der Waals surface area (Å²) >= 11 is 5.95. The van der Waals surface area contributed by atoms with E-state index in [-0.39, 0.29) is 54.9 Å². The third-order valence-corrected chi connectivity index (χ3v) is 8.48. The molecule has 0 atom stereocenters. The van der Waals surface area contributed by atoms with E-state index in [4.69, 9.17) is 16.3 Å². The zero-order valence-electron chi connectivity index (χ0n) is 18.7. The zero-order chi connectivity index (χ0) is 23.7. The summed E-state index contributed by atoms with van der Waals surface area (Å²) < 4.78 is 46.6. The van der Waals surface area contributed by atoms with Gasteiger partial charge in [-0.05, 0) is 56.2 Å². The van der Waals surface area contributed by atoms with Gasteiger partial charge in [-0.2, -0.15) is 0 Å². The van der Waals surface area contributed by atoms with Gasteiger partial charge in [0.1, 0.15) is 4.75 Å². The summed E-state index contributed by atoms with van der Waals surface area (Å²) in [7, 11) is -3.93. The van der Waals surface area contributed by atoms with E-state index in [1.807, 2.05) is 0 Å². The fourth-order valence-corrected chi connectivity index (χ4v) is 6.04. The molecule has 1 amide bonds. The van der Waals surface area contributed by atoms with Crippen LogP contribution in [-0.4, -0.2) is 39.1 Å². The van der Waals surface area contributed by atoms with Gasteiger partial charge in [-0.1, -0.05) is 32.4 Å². The van der Waals surface area contributed by atoms with Crippen molar-refractivity contribution in [3.05, 3.63) is 52.9 Å². The average molecular weight is 483 g/mol. The minimum Gasteiger partial charge on any atom is -0.381 e. The van der Waals surface area contributed by atoms with Gasteiger partial charge in [0.2, 0.25) is 5.91 Å². The first kappa shape index (κ1) is 24.6. The number of pyridine rings is 1. The van der Waals surface area contributed by atoms with Crippen molar-refractivity contribution in [2.45, 2.75) is 50.2 Å². The lowest BCUT2D eigenvalue weighted by Crippen LogP contribution is -2.44. The number of rotatable bonds is 5. The molecule has 1 fully saturated rings. The molecular weight excluding hydrogens is 455 g/mol. The zero-order valence-corrected chi connectivity index (χ0v) is 20.3. The molecular formula is C23H28ClFN2O4S. The van der Waals surface area contributed by atoms with Crippen LogP contribution in [0, 0.1) is 11.2 Å². The van der Waals surface area contributed by atoms with Crippen LogP contribution in [0.3, 0.4) is 0 Å². The van der Waals surface area contributed by atoms with Gasteiger partial charge in [-0.15, -0.1) is 0 Å². The number of ether oxygens (including phenoxy) is 1. The average Bonchev–Trinajstić information content (AvgIpc) is 2.75. The van der Waals surface area contributed by atoms with Gasteiger partial charge in [0.05, 0.1) is 10.6 Å². The molecule has 2 heterocycles. The fraction of sp³-hybridized carbons (Fsp3) is 0.478. The van der Waals surface area contributed by atoms with Crippen molar-refractivity contribution in [2.75, 3.05) is 24.7 Å². The van der Waals surface area contributed by atoms with E-state index in [0.717, 1.165) is 0 Å². The van der Waals surface area contributed by atoms with Crippen LogP contribution >= 0.6 is 11.6 Å². The van der Waals surface area contributed by atoms with E-state index in [1.54, 1.807) is 27.7 Å². The van der Waals surface area contributed by atoms with Gasteiger partial charge >= 0.3 is 0 Å². The Bertz CT molecular complexity index is 1090. The Morgan fingerprint density at radius 3 is 2.28 bits per heavy atom. The quantitative estimate of drug-likeness (QED) is 0.614. The molecule has 3 rings (SSSR count). The highest BCUT2D eigenvalue weighted by molar-refractivity contribution is 7.92. The van der Waals surface area contributed by atoms with Gasteiger partial charge in [0.25, 0.3) is 0 Å². The first-order valence-corrected chi connectivity index (χ1v) is 12.4. The number of anilines is 1. The van der Waals surface area contributed by atoms with Gasteiger partial charge in [-0.3, -0.25) is 9.69 Å². The van der Waals surface area contributed by atoms with Crippen LogP contribution in [0.1, 0.15) is 46.2 Å². The van der Waals surface area contributed by atoms with Crippen LogP contribution in [0.2, 0.25) is 5.02 Å². The second kappa shape index (κ2) is 9.08. The molecule has 0 bridgehead atoms. The predicted octanol–water partition coefficient (Wildman–Crippen LogP) is 4.75. The Kier molecular flexibility index (Phi) is 6.98. The SMILES string of the molecule is CCN(C(=O)C(C)(C)C)c1nc(C2(S(=O)(=O)c3ccc(Cl)cc3)CCOCC2)ccc1F. The molecule has 0 saturated carbocycles. The molecule has 1 saturated heterocycles. The van der Waals surface area contributed by atoms with E-state index >= 15 is 0 Å². The molecule has 0 N–H and O–H groups in total. The first-order chi connectivity index (χ1) is 14.9. The normalized spacial score (nSPS) is 16.6. The maximum atomic E-state index is 14.9. The molecule has 0 spiro atoms. The van der Waals surface area contributed by atoms with Crippen LogP contribution in [0.4, 0.5) is 10.2 Å². The molecule has 1 aromatic heterocycles. The van der Waals surface area contributed by atoms with E-state index in [2.05, 4.69) is 4.98 Å². The summed E-state index contributed by atoms with van der Waals surface area (Å²) in [6, 6.07) is 8.54. The van der Waals surface area contributed by atoms with E-state index in [9.17, 15) is 17.6 Å². The monoisotopic (exact) mass is 482 g/mol. The van der Waals surface area contributed by atoms with Crippen molar-refractivity contribution in [3.8, 4) is 0 Å². The Balaban J connectivity index is 2.19. The highest BCUT2D eigenvalue weighted by Crippen LogP contribution is 2.44. The number of sulfone groups is 1. The second-order valence-corrected chi connectivity index (χ2v) is 11.6. The highest BCUT2D eigenvalue weighted by atomic mass is 35.5. The lowest BCUT2D eigenvalue weighted by Gasteiger charge is -2.37. The third-order valence-electron chi connectivity index (χ3n) is 5.69. The predicted molar refractivity (Wildman–Crippen MR) is 122 cm³/mol. The number of hydrogen-bond donors (Lipinski definition) is 0. The van der Waals surface area contributed by atoms with Crippen LogP contribution < -0.4 is 4.90 Å². The Labute approximate surface area is 193 Å². The van der Waals surface area contributed by atoms with Crippen LogP contribution in [0.25, 0.3) is 0 Å². The molecule has 0 radical (unpaired) electrons. The second-order valence-electron chi connectivity index (χ2n) is 8.87. The van der Waals surface area contributed by atoms with Crippen molar-refractivity contribution < 1.29 is 22.3 Å². The van der Waals surface area contributed by atoms with Crippen LogP contribution in [-0.2, 0) is 24.1 Å². The van der Waals surface area contributed by atoms with E-state index < -0.39 is 25.8 Å². The maximum Gasteiger partial charge on any atom is 0.233 e. The number of carbonyl (C=O) groups is 1. The number of amides is 1. The standard InChI is InChI=1S/C23H28ClFN2O4S/c1-5-27(21(28)22(2,3)4)20-18(25)10-11-19(26-20)23(12-14-31-15-13-23)32(29,30)17-8-6-16(24)7-9-17/h6-11H,5,12-15H2,1-4H3. The Morgan fingerprint density at radius 1 is 1.16 bits per heavy atom. The number of benzene rings is 1. The van der Waals surface area contributed by atoms with Crippen molar-refractivity contribution in [3.63, 3.8) is 0 Å². The molecule has 32 heavy (non-hydrogen) atoms. The minimum absolute atomic E-state index is 0.106. The van der Waals surface area contributed by atoms with Gasteiger partial charge in [0.15, 0.2) is 21.5 Å². The maximum absolute atomic E-state index is 14.9. The molecule has 0 unspecified atom stereocenters. The van der Waals surface area contributed by atoms with Crippen LogP contribution in [0.15, 0.2) is 41.3 Å². The van der Waals surface area contributed by atoms with Crippen molar-refractivity contribution in [1.29, 1.82) is 0 Å².